The molecule has 1 unspecified atom stereocenters. The van der Waals surface area contributed by atoms with Crippen LogP contribution in [0.15, 0.2) is 36.4 Å². The second kappa shape index (κ2) is 8.98. The molecule has 3 rings (SSSR count). The fourth-order valence-corrected chi connectivity index (χ4v) is 3.31. The highest BCUT2D eigenvalue weighted by Gasteiger charge is 2.19. The molecule has 0 fully saturated rings. The fraction of sp³-hybridized carbons (Fsp3) is 0.227. The third-order valence-electron chi connectivity index (χ3n) is 4.71. The summed E-state index contributed by atoms with van der Waals surface area (Å²) in [7, 11) is 0. The van der Waals surface area contributed by atoms with E-state index in [1.165, 1.54) is 6.07 Å². The van der Waals surface area contributed by atoms with Crippen LogP contribution in [0.4, 0.5) is 11.4 Å². The third kappa shape index (κ3) is 4.90. The molecule has 2 amide bonds. The zero-order chi connectivity index (χ0) is 22.7. The lowest BCUT2D eigenvalue weighted by Gasteiger charge is -2.16. The van der Waals surface area contributed by atoms with Crippen molar-refractivity contribution < 1.29 is 9.59 Å². The number of amides is 2. The van der Waals surface area contributed by atoms with Crippen LogP contribution in [-0.4, -0.2) is 26.6 Å². The molecular weight excluding hydrogens is 416 g/mol. The molecule has 8 nitrogen and oxygen atoms in total. The molecule has 3 aromatic rings. The molecule has 0 radical (unpaired) electrons. The van der Waals surface area contributed by atoms with Crippen molar-refractivity contribution in [3.63, 3.8) is 0 Å². The maximum absolute atomic E-state index is 12.6. The van der Waals surface area contributed by atoms with E-state index >= 15 is 0 Å². The van der Waals surface area contributed by atoms with Gasteiger partial charge in [-0.3, -0.25) is 14.3 Å². The van der Waals surface area contributed by atoms with Crippen LogP contribution in [-0.2, 0) is 4.79 Å². The minimum Gasteiger partial charge on any atom is -0.323 e. The molecule has 0 saturated heterocycles. The van der Waals surface area contributed by atoms with Crippen molar-refractivity contribution >= 4 is 34.8 Å². The Balaban J connectivity index is 1.70. The molecule has 1 aromatic carbocycles. The highest BCUT2D eigenvalue weighted by atomic mass is 35.5. The fourth-order valence-electron chi connectivity index (χ4n) is 3.08. The van der Waals surface area contributed by atoms with Crippen molar-refractivity contribution in [3.8, 4) is 6.07 Å². The molecule has 2 N–H and O–H groups in total. The Kier molecular flexibility index (Phi) is 6.37. The molecule has 0 saturated carbocycles. The summed E-state index contributed by atoms with van der Waals surface area (Å²) < 4.78 is 1.65. The smallest absolute Gasteiger partial charge is 0.274 e. The zero-order valence-electron chi connectivity index (χ0n) is 17.5. The van der Waals surface area contributed by atoms with Crippen LogP contribution in [0, 0.1) is 32.1 Å². The number of nitriles is 1. The molecule has 31 heavy (non-hydrogen) atoms. The summed E-state index contributed by atoms with van der Waals surface area (Å²) in [5, 5.41) is 19.1. The van der Waals surface area contributed by atoms with Crippen LogP contribution in [0.3, 0.4) is 0 Å². The maximum Gasteiger partial charge on any atom is 0.274 e. The Hall–Kier alpha value is -3.70. The van der Waals surface area contributed by atoms with Gasteiger partial charge < -0.3 is 10.6 Å². The molecule has 0 bridgehead atoms. The molecule has 2 heterocycles. The molecule has 0 aliphatic heterocycles. The Labute approximate surface area is 184 Å². The van der Waals surface area contributed by atoms with Gasteiger partial charge in [-0.05, 0) is 64.1 Å². The number of pyridine rings is 1. The number of anilines is 2. The van der Waals surface area contributed by atoms with Crippen molar-refractivity contribution in [3.05, 3.63) is 69.8 Å². The summed E-state index contributed by atoms with van der Waals surface area (Å²) in [5.74, 6) is -0.694. The Morgan fingerprint density at radius 3 is 2.45 bits per heavy atom. The van der Waals surface area contributed by atoms with Gasteiger partial charge in [0.05, 0.1) is 27.7 Å². The van der Waals surface area contributed by atoms with Gasteiger partial charge in [0.25, 0.3) is 5.91 Å². The van der Waals surface area contributed by atoms with E-state index in [0.717, 1.165) is 11.4 Å². The first kappa shape index (κ1) is 22.0. The number of benzene rings is 1. The monoisotopic (exact) mass is 436 g/mol. The molecule has 1 atom stereocenters. The van der Waals surface area contributed by atoms with Crippen molar-refractivity contribution in [1.82, 2.24) is 14.8 Å². The second-order valence-corrected chi connectivity index (χ2v) is 7.53. The average Bonchev–Trinajstić information content (AvgIpc) is 3.07. The minimum absolute atomic E-state index is 0.184. The van der Waals surface area contributed by atoms with Gasteiger partial charge in [-0.25, -0.2) is 4.98 Å². The van der Waals surface area contributed by atoms with Gasteiger partial charge in [-0.2, -0.15) is 10.4 Å². The number of aromatic nitrogens is 3. The Morgan fingerprint density at radius 1 is 1.13 bits per heavy atom. The molecule has 2 aromatic heterocycles. The number of nitrogens with one attached hydrogen (secondary N) is 2. The number of hydrogen-bond acceptors (Lipinski definition) is 5. The lowest BCUT2D eigenvalue weighted by atomic mass is 10.2. The maximum atomic E-state index is 12.6. The van der Waals surface area contributed by atoms with Gasteiger partial charge in [0, 0.05) is 11.4 Å². The van der Waals surface area contributed by atoms with Gasteiger partial charge in [0.15, 0.2) is 0 Å². The van der Waals surface area contributed by atoms with E-state index < -0.39 is 11.9 Å². The number of carbonyl (C=O) groups is 2. The van der Waals surface area contributed by atoms with Crippen molar-refractivity contribution in [2.24, 2.45) is 0 Å². The first-order valence-electron chi connectivity index (χ1n) is 9.52. The topological polar surface area (TPSA) is 113 Å². The molecule has 0 aliphatic rings. The van der Waals surface area contributed by atoms with Crippen LogP contribution in [0.25, 0.3) is 0 Å². The second-order valence-electron chi connectivity index (χ2n) is 7.13. The van der Waals surface area contributed by atoms with E-state index in [1.54, 1.807) is 42.8 Å². The normalized spacial score (nSPS) is 11.5. The predicted molar refractivity (Wildman–Crippen MR) is 118 cm³/mol. The number of rotatable bonds is 5. The van der Waals surface area contributed by atoms with E-state index in [2.05, 4.69) is 20.7 Å². The summed E-state index contributed by atoms with van der Waals surface area (Å²) in [6.45, 7) is 7.17. The summed E-state index contributed by atoms with van der Waals surface area (Å²) in [4.78, 5) is 29.2. The van der Waals surface area contributed by atoms with Gasteiger partial charge in [-0.15, -0.1) is 0 Å². The van der Waals surface area contributed by atoms with Crippen LogP contribution >= 0.6 is 11.6 Å². The van der Waals surface area contributed by atoms with Gasteiger partial charge in [0.2, 0.25) is 5.91 Å². The molecule has 0 aliphatic carbocycles. The standard InChI is InChI=1S/C22H21ClN6O2/c1-12-9-13(2)29(28-12)15(4)21(30)27-19-8-6-17(10-18(19)23)26-22(31)20-7-5-16(11-24)14(3)25-20/h5-10,15H,1-4H3,(H,26,31)(H,27,30). The lowest BCUT2D eigenvalue weighted by molar-refractivity contribution is -0.119. The number of aryl methyl sites for hydroxylation is 3. The number of nitrogens with zero attached hydrogens (tertiary/aromatic N) is 4. The first-order chi connectivity index (χ1) is 14.7. The van der Waals surface area contributed by atoms with E-state index in [0.29, 0.717) is 22.6 Å². The lowest BCUT2D eigenvalue weighted by Crippen LogP contribution is -2.25. The highest BCUT2D eigenvalue weighted by molar-refractivity contribution is 6.34. The summed E-state index contributed by atoms with van der Waals surface area (Å²) in [5.41, 5.74) is 3.66. The van der Waals surface area contributed by atoms with Gasteiger partial charge in [-0.1, -0.05) is 11.6 Å². The van der Waals surface area contributed by atoms with E-state index in [1.807, 2.05) is 26.0 Å². The average molecular weight is 437 g/mol. The van der Waals surface area contributed by atoms with Crippen LogP contribution in [0.2, 0.25) is 5.02 Å². The Bertz CT molecular complexity index is 1210. The highest BCUT2D eigenvalue weighted by Crippen LogP contribution is 2.27. The van der Waals surface area contributed by atoms with E-state index in [4.69, 9.17) is 16.9 Å². The van der Waals surface area contributed by atoms with E-state index in [-0.39, 0.29) is 16.6 Å². The quantitative estimate of drug-likeness (QED) is 0.622. The number of carbonyl (C=O) groups excluding carboxylic acids is 2. The summed E-state index contributed by atoms with van der Waals surface area (Å²) in [6.07, 6.45) is 0. The predicted octanol–water partition coefficient (Wildman–Crippen LogP) is 4.18. The minimum atomic E-state index is -0.519. The van der Waals surface area contributed by atoms with Crippen molar-refractivity contribution in [2.45, 2.75) is 33.7 Å². The molecule has 9 heteroatoms. The number of hydrogen-bond donors (Lipinski definition) is 2. The van der Waals surface area contributed by atoms with Crippen molar-refractivity contribution in [1.29, 1.82) is 5.26 Å². The zero-order valence-corrected chi connectivity index (χ0v) is 18.3. The number of halogens is 1. The van der Waals surface area contributed by atoms with Crippen LogP contribution < -0.4 is 10.6 Å². The molecule has 0 spiro atoms. The molecular formula is C22H21ClN6O2. The molecule has 158 valence electrons. The van der Waals surface area contributed by atoms with Crippen LogP contribution in [0.5, 0.6) is 0 Å². The third-order valence-corrected chi connectivity index (χ3v) is 5.03. The Morgan fingerprint density at radius 2 is 1.87 bits per heavy atom. The van der Waals surface area contributed by atoms with Gasteiger partial charge >= 0.3 is 0 Å². The summed E-state index contributed by atoms with van der Waals surface area (Å²) >= 11 is 6.31. The van der Waals surface area contributed by atoms with Crippen molar-refractivity contribution in [2.75, 3.05) is 10.6 Å². The summed E-state index contributed by atoms with van der Waals surface area (Å²) in [6, 6.07) is 11.2. The largest absolute Gasteiger partial charge is 0.323 e. The van der Waals surface area contributed by atoms with Gasteiger partial charge in [0.1, 0.15) is 17.8 Å². The van der Waals surface area contributed by atoms with E-state index in [9.17, 15) is 9.59 Å². The SMILES string of the molecule is Cc1cc(C)n(C(C)C(=O)Nc2ccc(NC(=O)c3ccc(C#N)c(C)n3)cc2Cl)n1. The van der Waals surface area contributed by atoms with Crippen LogP contribution in [0.1, 0.15) is 46.1 Å². The first-order valence-corrected chi connectivity index (χ1v) is 9.89.